The minimum atomic E-state index is -0.660. The molecule has 5 heteroatoms. The lowest BCUT2D eigenvalue weighted by atomic mass is 10.3. The summed E-state index contributed by atoms with van der Waals surface area (Å²) < 4.78 is 4.90. The average Bonchev–Trinajstić information content (AvgIpc) is 2.42. The molecule has 2 nitrogen and oxygen atoms in total. The number of hydrogen-bond acceptors (Lipinski definition) is 4. The monoisotopic (exact) mass is 233 g/mol. The fourth-order valence-electron chi connectivity index (χ4n) is 1.13. The number of nitrogens with one attached hydrogen (secondary N) is 1. The second-order valence-electron chi connectivity index (χ2n) is 2.65. The predicted octanol–water partition coefficient (Wildman–Crippen LogP) is 3.05. The Morgan fingerprint density at radius 2 is 2.38 bits per heavy atom. The fourth-order valence-corrected chi connectivity index (χ4v) is 1.90. The highest BCUT2D eigenvalue weighted by molar-refractivity contribution is 8.11. The Labute approximate surface area is 91.4 Å². The summed E-state index contributed by atoms with van der Waals surface area (Å²) in [5, 5.41) is 3.81. The van der Waals surface area contributed by atoms with Crippen molar-refractivity contribution in [2.24, 2.45) is 0 Å². The third-order valence-corrected chi connectivity index (χ3v) is 3.48. The van der Waals surface area contributed by atoms with Crippen molar-refractivity contribution < 1.29 is 4.74 Å². The first-order chi connectivity index (χ1) is 6.13. The van der Waals surface area contributed by atoms with Crippen LogP contribution in [0.5, 0.6) is 5.75 Å². The molecule has 1 N–H and O–H groups in total. The van der Waals surface area contributed by atoms with Crippen LogP contribution in [-0.4, -0.2) is 10.6 Å². The lowest BCUT2D eigenvalue weighted by Gasteiger charge is -2.19. The van der Waals surface area contributed by atoms with Crippen LogP contribution >= 0.6 is 36.0 Å². The molecule has 0 spiro atoms. The zero-order chi connectivity index (χ0) is 9.47. The summed E-state index contributed by atoms with van der Waals surface area (Å²) in [6, 6.07) is 5.45. The van der Waals surface area contributed by atoms with Crippen LogP contribution in [0, 0.1) is 0 Å². The number of hydrogen-bond donors (Lipinski definition) is 2. The Balaban J connectivity index is 2.35. The zero-order valence-electron chi connectivity index (χ0n) is 6.87. The van der Waals surface area contributed by atoms with Crippen LogP contribution in [0.2, 0.25) is 5.02 Å². The topological polar surface area (TPSA) is 21.3 Å². The number of rotatable bonds is 1. The van der Waals surface area contributed by atoms with Gasteiger partial charge in [0.05, 0.1) is 5.69 Å². The van der Waals surface area contributed by atoms with Crippen molar-refractivity contribution in [3.05, 3.63) is 23.2 Å². The molecule has 70 valence electrons. The summed E-state index contributed by atoms with van der Waals surface area (Å²) >= 11 is 11.7. The molecule has 1 aliphatic rings. The second kappa shape index (κ2) is 3.19. The molecule has 1 atom stereocenters. The van der Waals surface area contributed by atoms with Crippen molar-refractivity contribution in [3.8, 4) is 5.75 Å². The second-order valence-corrected chi connectivity index (χ2v) is 5.01. The van der Waals surface area contributed by atoms with Gasteiger partial charge in [-0.25, -0.2) is 0 Å². The molecule has 1 heterocycles. The van der Waals surface area contributed by atoms with Crippen LogP contribution in [0.25, 0.3) is 0 Å². The number of ether oxygens (including phenoxy) is 1. The number of thiol groups is 1. The predicted molar refractivity (Wildman–Crippen MR) is 60.9 cm³/mol. The van der Waals surface area contributed by atoms with Crippen molar-refractivity contribution in [2.75, 3.05) is 11.6 Å². The summed E-state index contributed by atoms with van der Waals surface area (Å²) in [4.78, 5) is 0. The Hall–Kier alpha value is -0.190. The molecule has 0 saturated carbocycles. The molecule has 0 bridgehead atoms. The van der Waals surface area contributed by atoms with Gasteiger partial charge in [-0.2, -0.15) is 0 Å². The van der Waals surface area contributed by atoms with E-state index in [0.29, 0.717) is 5.02 Å². The van der Waals surface area contributed by atoms with E-state index in [-0.39, 0.29) is 0 Å². The highest BCUT2D eigenvalue weighted by Gasteiger charge is 2.34. The van der Waals surface area contributed by atoms with Crippen LogP contribution in [0.3, 0.4) is 0 Å². The van der Waals surface area contributed by atoms with Crippen molar-refractivity contribution in [3.63, 3.8) is 0 Å². The summed E-state index contributed by atoms with van der Waals surface area (Å²) in [5.41, 5.74) is 0.886. The lowest BCUT2D eigenvalue weighted by Crippen LogP contribution is -2.28. The van der Waals surface area contributed by atoms with E-state index in [4.69, 9.17) is 16.3 Å². The highest BCUT2D eigenvalue weighted by Crippen LogP contribution is 2.44. The van der Waals surface area contributed by atoms with Gasteiger partial charge in [0.15, 0.2) is 0 Å². The van der Waals surface area contributed by atoms with Gasteiger partial charge in [0.2, 0.25) is 0 Å². The van der Waals surface area contributed by atoms with Crippen molar-refractivity contribution in [1.29, 1.82) is 0 Å². The summed E-state index contributed by atoms with van der Waals surface area (Å²) in [6.07, 6.45) is 1.92. The van der Waals surface area contributed by atoms with Crippen LogP contribution in [0.4, 0.5) is 5.69 Å². The normalized spacial score (nSPS) is 24.8. The third-order valence-electron chi connectivity index (χ3n) is 1.76. The number of halogens is 1. The van der Waals surface area contributed by atoms with Crippen molar-refractivity contribution in [2.45, 2.75) is 4.39 Å². The van der Waals surface area contributed by atoms with Crippen molar-refractivity contribution >= 4 is 41.7 Å². The van der Waals surface area contributed by atoms with Gasteiger partial charge in [0.1, 0.15) is 5.75 Å². The molecule has 0 amide bonds. The van der Waals surface area contributed by atoms with Gasteiger partial charge in [-0.15, -0.1) is 0 Å². The van der Waals surface area contributed by atoms with E-state index in [0.717, 1.165) is 11.4 Å². The average molecular weight is 234 g/mol. The molecule has 13 heavy (non-hydrogen) atoms. The summed E-state index contributed by atoms with van der Waals surface area (Å²) in [7, 11) is 0. The minimum Gasteiger partial charge on any atom is -0.447 e. The largest absolute Gasteiger partial charge is 0.447 e. The molecule has 0 radical (unpaired) electrons. The van der Waals surface area contributed by atoms with E-state index in [2.05, 4.69) is 17.9 Å². The number of thioether (sulfide) groups is 1. The third kappa shape index (κ3) is 1.71. The molecule has 2 rings (SSSR count). The van der Waals surface area contributed by atoms with E-state index >= 15 is 0 Å². The lowest BCUT2D eigenvalue weighted by molar-refractivity contribution is 0.313. The quantitative estimate of drug-likeness (QED) is 0.575. The van der Waals surface area contributed by atoms with Gasteiger partial charge >= 0.3 is 0 Å². The van der Waals surface area contributed by atoms with Gasteiger partial charge in [0, 0.05) is 5.02 Å². The molecule has 0 fully saturated rings. The van der Waals surface area contributed by atoms with E-state index in [9.17, 15) is 0 Å². The van der Waals surface area contributed by atoms with Gasteiger partial charge in [0.25, 0.3) is 4.39 Å². The maximum atomic E-state index is 5.83. The Kier molecular flexibility index (Phi) is 2.30. The maximum Gasteiger partial charge on any atom is 0.276 e. The first-order valence-corrected chi connectivity index (χ1v) is 5.72. The van der Waals surface area contributed by atoms with Gasteiger partial charge in [-0.3, -0.25) is 0 Å². The maximum absolute atomic E-state index is 5.83. The van der Waals surface area contributed by atoms with Crippen LogP contribution in [0.15, 0.2) is 18.2 Å². The molecule has 1 aromatic carbocycles. The number of fused-ring (bicyclic) bond motifs is 1. The molecular weight excluding hydrogens is 226 g/mol. The zero-order valence-corrected chi connectivity index (χ0v) is 9.34. The van der Waals surface area contributed by atoms with Crippen molar-refractivity contribution in [1.82, 2.24) is 0 Å². The molecule has 0 saturated heterocycles. The molecule has 1 unspecified atom stereocenters. The van der Waals surface area contributed by atoms with Gasteiger partial charge in [-0.05, 0) is 24.5 Å². The molecule has 1 aromatic rings. The summed E-state index contributed by atoms with van der Waals surface area (Å²) in [5.74, 6) is 0.786. The fraction of sp³-hybridized carbons (Fsp3) is 0.250. The van der Waals surface area contributed by atoms with E-state index in [1.807, 2.05) is 18.4 Å². The smallest absolute Gasteiger partial charge is 0.276 e. The Morgan fingerprint density at radius 1 is 1.62 bits per heavy atom. The van der Waals surface area contributed by atoms with E-state index < -0.39 is 4.39 Å². The van der Waals surface area contributed by atoms with E-state index in [1.54, 1.807) is 6.07 Å². The standard InChI is InChI=1S/C8H8ClNOS2/c1-13-8(12)10-6-4-5(9)2-3-7(6)11-8/h2-4,10,12H,1H3. The van der Waals surface area contributed by atoms with E-state index in [1.165, 1.54) is 11.8 Å². The number of benzene rings is 1. The first kappa shape index (κ1) is 9.37. The minimum absolute atomic E-state index is 0.660. The molecule has 1 aliphatic heterocycles. The Bertz CT molecular complexity index is 347. The highest BCUT2D eigenvalue weighted by atomic mass is 35.5. The molecule has 0 aliphatic carbocycles. The molecule has 0 aromatic heterocycles. The van der Waals surface area contributed by atoms with Crippen LogP contribution in [0.1, 0.15) is 0 Å². The summed E-state index contributed by atoms with van der Waals surface area (Å²) in [6.45, 7) is 0. The SMILES string of the molecule is CSC1(S)Nc2cc(Cl)ccc2O1. The first-order valence-electron chi connectivity index (χ1n) is 3.67. The Morgan fingerprint density at radius 3 is 3.08 bits per heavy atom. The molecular formula is C8H8ClNOS2. The van der Waals surface area contributed by atoms with Crippen LogP contribution in [-0.2, 0) is 0 Å². The van der Waals surface area contributed by atoms with Gasteiger partial charge < -0.3 is 10.1 Å². The van der Waals surface area contributed by atoms with Crippen LogP contribution < -0.4 is 10.1 Å². The van der Waals surface area contributed by atoms with Gasteiger partial charge in [-0.1, -0.05) is 36.0 Å². The number of anilines is 1.